The van der Waals surface area contributed by atoms with E-state index in [1.807, 2.05) is 0 Å². The third-order valence-electron chi connectivity index (χ3n) is 6.59. The minimum atomic E-state index is -4.87. The Morgan fingerprint density at radius 2 is 1.98 bits per heavy atom. The quantitative estimate of drug-likeness (QED) is 0.101. The standard InChI is InChI=1S/C29H32ClF3N4O5S/c1-4-22(42-29(31,32)33)16-19(2)18-43-27-34-25-24(37(27)17-20-9-11-21(30)12-10-20)26(38)36(28(39)35(25)3)13-7-15-41-23-8-5-6-14-40-23/h4,9-12,16,23H,1-2,5-8,13-15,17-18H2,3H3/b22-16+. The number of hydrogen-bond donors (Lipinski definition) is 0. The Kier molecular flexibility index (Phi) is 11.0. The molecule has 0 spiro atoms. The van der Waals surface area contributed by atoms with E-state index >= 15 is 0 Å². The molecule has 2 aromatic heterocycles. The van der Waals surface area contributed by atoms with E-state index in [-0.39, 0.29) is 36.3 Å². The zero-order valence-electron chi connectivity index (χ0n) is 23.6. The topological polar surface area (TPSA) is 89.5 Å². The molecule has 1 saturated heterocycles. The van der Waals surface area contributed by atoms with E-state index < -0.39 is 23.4 Å². The van der Waals surface area contributed by atoms with E-state index in [2.05, 4.69) is 22.9 Å². The molecule has 0 bridgehead atoms. The van der Waals surface area contributed by atoms with Crippen LogP contribution in [-0.4, -0.2) is 50.3 Å². The predicted octanol–water partition coefficient (Wildman–Crippen LogP) is 5.79. The van der Waals surface area contributed by atoms with Crippen molar-refractivity contribution >= 4 is 34.5 Å². The van der Waals surface area contributed by atoms with E-state index in [9.17, 15) is 22.8 Å². The average molecular weight is 641 g/mol. The SMILES string of the molecule is C=C/C(=C\C(=C)CSc1nc2c(c(=O)n(CCCOC3CCCCO3)c(=O)n2C)n1Cc1ccc(Cl)cc1)OC(F)(F)F. The molecule has 1 fully saturated rings. The van der Waals surface area contributed by atoms with Gasteiger partial charge >= 0.3 is 12.1 Å². The highest BCUT2D eigenvalue weighted by Gasteiger charge is 2.31. The number of hydrogen-bond acceptors (Lipinski definition) is 7. The summed E-state index contributed by atoms with van der Waals surface area (Å²) < 4.78 is 57.5. The summed E-state index contributed by atoms with van der Waals surface area (Å²) in [7, 11) is 1.54. The van der Waals surface area contributed by atoms with Crippen LogP contribution in [0.3, 0.4) is 0 Å². The van der Waals surface area contributed by atoms with E-state index in [0.29, 0.717) is 35.4 Å². The Balaban J connectivity index is 1.64. The number of nitrogens with zero attached hydrogens (tertiary/aromatic N) is 4. The molecule has 232 valence electrons. The smallest absolute Gasteiger partial charge is 0.406 e. The van der Waals surface area contributed by atoms with Gasteiger partial charge in [-0.25, -0.2) is 9.78 Å². The third kappa shape index (κ3) is 8.65. The second kappa shape index (κ2) is 14.5. The van der Waals surface area contributed by atoms with E-state index in [1.165, 1.54) is 11.6 Å². The molecule has 1 aromatic carbocycles. The summed E-state index contributed by atoms with van der Waals surface area (Å²) in [6.07, 6.45) is 0.175. The second-order valence-electron chi connectivity index (χ2n) is 9.84. The first-order valence-corrected chi connectivity index (χ1v) is 14.9. The molecule has 1 aliphatic heterocycles. The normalized spacial score (nSPS) is 16.0. The number of aromatic nitrogens is 4. The Morgan fingerprint density at radius 1 is 1.23 bits per heavy atom. The van der Waals surface area contributed by atoms with Crippen LogP contribution < -0.4 is 11.2 Å². The molecule has 0 N–H and O–H groups in total. The van der Waals surface area contributed by atoms with Crippen molar-refractivity contribution in [1.82, 2.24) is 18.7 Å². The summed E-state index contributed by atoms with van der Waals surface area (Å²) in [5, 5.41) is 0.917. The molecule has 0 radical (unpaired) electrons. The van der Waals surface area contributed by atoms with Gasteiger partial charge < -0.3 is 18.8 Å². The minimum absolute atomic E-state index is 0.116. The summed E-state index contributed by atoms with van der Waals surface area (Å²) in [5.74, 6) is -0.386. The lowest BCUT2D eigenvalue weighted by molar-refractivity contribution is -0.303. The number of fused-ring (bicyclic) bond motifs is 1. The maximum absolute atomic E-state index is 13.8. The number of thioether (sulfide) groups is 1. The molecule has 3 aromatic rings. The van der Waals surface area contributed by atoms with Crippen LogP contribution in [-0.2, 0) is 34.3 Å². The maximum Gasteiger partial charge on any atom is 0.573 e. The van der Waals surface area contributed by atoms with Gasteiger partial charge in [-0.1, -0.05) is 48.7 Å². The Hall–Kier alpha value is -3.26. The van der Waals surface area contributed by atoms with Crippen molar-refractivity contribution in [1.29, 1.82) is 0 Å². The first kappa shape index (κ1) is 32.6. The lowest BCUT2D eigenvalue weighted by Crippen LogP contribution is -2.40. The predicted molar refractivity (Wildman–Crippen MR) is 159 cm³/mol. The number of ether oxygens (including phenoxy) is 3. The first-order chi connectivity index (χ1) is 20.5. The Labute approximate surface area is 255 Å². The number of allylic oxidation sites excluding steroid dienone is 2. The first-order valence-electron chi connectivity index (χ1n) is 13.5. The molecule has 4 rings (SSSR count). The highest BCUT2D eigenvalue weighted by Crippen LogP contribution is 2.27. The van der Waals surface area contributed by atoms with Gasteiger partial charge in [-0.3, -0.25) is 13.9 Å². The molecule has 0 amide bonds. The van der Waals surface area contributed by atoms with Crippen molar-refractivity contribution in [2.75, 3.05) is 19.0 Å². The Morgan fingerprint density at radius 3 is 2.63 bits per heavy atom. The molecular weight excluding hydrogens is 609 g/mol. The number of benzene rings is 1. The molecule has 0 aliphatic carbocycles. The lowest BCUT2D eigenvalue weighted by Gasteiger charge is -2.22. The van der Waals surface area contributed by atoms with Gasteiger partial charge in [0.15, 0.2) is 22.6 Å². The fraction of sp³-hybridized carbons (Fsp3) is 0.414. The summed E-state index contributed by atoms with van der Waals surface area (Å²) in [5.41, 5.74) is 0.477. The number of halogens is 4. The van der Waals surface area contributed by atoms with Gasteiger partial charge in [0.1, 0.15) is 5.76 Å². The fourth-order valence-corrected chi connectivity index (χ4v) is 5.51. The lowest BCUT2D eigenvalue weighted by atomic mass is 10.2. The van der Waals surface area contributed by atoms with Crippen LogP contribution in [0.15, 0.2) is 75.7 Å². The summed E-state index contributed by atoms with van der Waals surface area (Å²) in [4.78, 5) is 31.6. The van der Waals surface area contributed by atoms with Crippen LogP contribution in [0.2, 0.25) is 5.02 Å². The van der Waals surface area contributed by atoms with Crippen molar-refractivity contribution in [3.05, 3.63) is 92.3 Å². The van der Waals surface area contributed by atoms with Crippen LogP contribution >= 0.6 is 23.4 Å². The molecular formula is C29H32ClF3N4O5S. The molecule has 1 atom stereocenters. The van der Waals surface area contributed by atoms with Crippen molar-refractivity contribution in [3.63, 3.8) is 0 Å². The second-order valence-corrected chi connectivity index (χ2v) is 11.2. The summed E-state index contributed by atoms with van der Waals surface area (Å²) in [6, 6.07) is 7.05. The zero-order valence-corrected chi connectivity index (χ0v) is 25.1. The molecule has 43 heavy (non-hydrogen) atoms. The van der Waals surface area contributed by atoms with Gasteiger partial charge in [0.25, 0.3) is 5.56 Å². The number of aryl methyl sites for hydroxylation is 1. The zero-order chi connectivity index (χ0) is 31.1. The highest BCUT2D eigenvalue weighted by atomic mass is 35.5. The number of rotatable bonds is 13. The fourth-order valence-electron chi connectivity index (χ4n) is 4.52. The van der Waals surface area contributed by atoms with Crippen molar-refractivity contribution in [3.8, 4) is 0 Å². The Bertz CT molecular complexity index is 1610. The van der Waals surface area contributed by atoms with Crippen LogP contribution in [0.5, 0.6) is 0 Å². The van der Waals surface area contributed by atoms with Gasteiger partial charge in [-0.2, -0.15) is 0 Å². The van der Waals surface area contributed by atoms with E-state index in [0.717, 1.165) is 53.3 Å². The highest BCUT2D eigenvalue weighted by molar-refractivity contribution is 7.99. The van der Waals surface area contributed by atoms with Crippen molar-refractivity contribution in [2.45, 2.75) is 56.6 Å². The van der Waals surface area contributed by atoms with Crippen LogP contribution in [0.4, 0.5) is 13.2 Å². The van der Waals surface area contributed by atoms with Crippen LogP contribution in [0, 0.1) is 0 Å². The minimum Gasteiger partial charge on any atom is -0.406 e. The number of alkyl halides is 3. The van der Waals surface area contributed by atoms with E-state index in [4.69, 9.17) is 21.1 Å². The summed E-state index contributed by atoms with van der Waals surface area (Å²) in [6.45, 7) is 8.50. The van der Waals surface area contributed by atoms with Gasteiger partial charge in [-0.05, 0) is 61.1 Å². The van der Waals surface area contributed by atoms with Gasteiger partial charge in [0.2, 0.25) is 0 Å². The molecule has 1 aliphatic rings. The molecule has 0 saturated carbocycles. The summed E-state index contributed by atoms with van der Waals surface area (Å²) >= 11 is 7.21. The third-order valence-corrected chi connectivity index (χ3v) is 7.92. The van der Waals surface area contributed by atoms with Crippen LogP contribution in [0.1, 0.15) is 31.2 Å². The molecule has 14 heteroatoms. The van der Waals surface area contributed by atoms with Crippen molar-refractivity contribution < 1.29 is 27.4 Å². The average Bonchev–Trinajstić information content (AvgIpc) is 3.33. The molecule has 1 unspecified atom stereocenters. The van der Waals surface area contributed by atoms with Crippen molar-refractivity contribution in [2.24, 2.45) is 7.05 Å². The molecule has 3 heterocycles. The maximum atomic E-state index is 13.8. The van der Waals surface area contributed by atoms with E-state index in [1.54, 1.807) is 28.8 Å². The number of imidazole rings is 1. The molecule has 9 nitrogen and oxygen atoms in total. The van der Waals surface area contributed by atoms with Gasteiger partial charge in [-0.15, -0.1) is 13.2 Å². The largest absolute Gasteiger partial charge is 0.573 e. The van der Waals surface area contributed by atoms with Gasteiger partial charge in [0.05, 0.1) is 13.2 Å². The monoisotopic (exact) mass is 640 g/mol. The van der Waals surface area contributed by atoms with Gasteiger partial charge in [0, 0.05) is 31.0 Å². The van der Waals surface area contributed by atoms with Crippen LogP contribution in [0.25, 0.3) is 11.2 Å².